The normalized spacial score (nSPS) is 17.2. The standard InChI is InChI=1S/C18H25N3O2S/c1-5-21(6-2)17(22)15-12(4)19-18(24)20-16(15)13-8-10-14(11-9-13)23-7-3/h8-11,16H,5-7H2,1-4H3,(H2,19,20,24)/t16-/m1/s1. The average molecular weight is 347 g/mol. The number of carbonyl (C=O) groups excluding carboxylic acids is 1. The second-order valence-corrected chi connectivity index (χ2v) is 5.96. The molecular weight excluding hydrogens is 322 g/mol. The predicted molar refractivity (Wildman–Crippen MR) is 99.8 cm³/mol. The molecule has 24 heavy (non-hydrogen) atoms. The van der Waals surface area contributed by atoms with Crippen molar-refractivity contribution >= 4 is 23.2 Å². The van der Waals surface area contributed by atoms with Crippen LogP contribution in [0.25, 0.3) is 0 Å². The number of hydrogen-bond donors (Lipinski definition) is 2. The first kappa shape index (κ1) is 18.3. The van der Waals surface area contributed by atoms with E-state index in [9.17, 15) is 4.79 Å². The number of benzene rings is 1. The average Bonchev–Trinajstić information content (AvgIpc) is 2.56. The molecule has 0 spiro atoms. The summed E-state index contributed by atoms with van der Waals surface area (Å²) >= 11 is 5.28. The van der Waals surface area contributed by atoms with Gasteiger partial charge in [0, 0.05) is 18.8 Å². The molecule has 1 atom stereocenters. The molecule has 1 heterocycles. The number of rotatable bonds is 6. The topological polar surface area (TPSA) is 53.6 Å². The Hall–Kier alpha value is -2.08. The van der Waals surface area contributed by atoms with E-state index in [1.165, 1.54) is 0 Å². The number of carbonyl (C=O) groups is 1. The molecule has 0 fully saturated rings. The Bertz CT molecular complexity index is 636. The summed E-state index contributed by atoms with van der Waals surface area (Å²) in [5.74, 6) is 0.842. The molecule has 5 nitrogen and oxygen atoms in total. The molecule has 2 rings (SSSR count). The van der Waals surface area contributed by atoms with Gasteiger partial charge in [0.15, 0.2) is 5.11 Å². The monoisotopic (exact) mass is 347 g/mol. The zero-order valence-electron chi connectivity index (χ0n) is 14.7. The summed E-state index contributed by atoms with van der Waals surface area (Å²) in [5, 5.41) is 6.83. The summed E-state index contributed by atoms with van der Waals surface area (Å²) in [6.45, 7) is 9.78. The van der Waals surface area contributed by atoms with E-state index in [1.807, 2.05) is 56.9 Å². The number of hydrogen-bond acceptors (Lipinski definition) is 3. The lowest BCUT2D eigenvalue weighted by molar-refractivity contribution is -0.127. The molecule has 1 amide bonds. The van der Waals surface area contributed by atoms with Gasteiger partial charge < -0.3 is 20.3 Å². The number of nitrogens with one attached hydrogen (secondary N) is 2. The lowest BCUT2D eigenvalue weighted by Gasteiger charge is -2.33. The van der Waals surface area contributed by atoms with E-state index in [2.05, 4.69) is 10.6 Å². The lowest BCUT2D eigenvalue weighted by atomic mass is 9.94. The third-order valence-corrected chi connectivity index (χ3v) is 4.29. The summed E-state index contributed by atoms with van der Waals surface area (Å²) in [5.41, 5.74) is 2.49. The number of ether oxygens (including phenoxy) is 1. The highest BCUT2D eigenvalue weighted by Crippen LogP contribution is 2.29. The van der Waals surface area contributed by atoms with Crippen molar-refractivity contribution in [3.05, 3.63) is 41.1 Å². The van der Waals surface area contributed by atoms with Gasteiger partial charge in [-0.25, -0.2) is 0 Å². The quantitative estimate of drug-likeness (QED) is 0.775. The fourth-order valence-corrected chi connectivity index (χ4v) is 3.10. The van der Waals surface area contributed by atoms with Gasteiger partial charge in [0.25, 0.3) is 5.91 Å². The van der Waals surface area contributed by atoms with Crippen LogP contribution in [0.15, 0.2) is 35.5 Å². The molecule has 130 valence electrons. The molecule has 1 aromatic rings. The highest BCUT2D eigenvalue weighted by molar-refractivity contribution is 7.80. The van der Waals surface area contributed by atoms with Gasteiger partial charge in [-0.2, -0.15) is 0 Å². The molecule has 0 radical (unpaired) electrons. The van der Waals surface area contributed by atoms with Crippen LogP contribution in [0.5, 0.6) is 5.75 Å². The van der Waals surface area contributed by atoms with Crippen LogP contribution in [0.3, 0.4) is 0 Å². The second-order valence-electron chi connectivity index (χ2n) is 5.55. The van der Waals surface area contributed by atoms with Gasteiger partial charge in [0.2, 0.25) is 0 Å². The van der Waals surface area contributed by atoms with Gasteiger partial charge in [-0.1, -0.05) is 12.1 Å². The number of amides is 1. The molecule has 0 unspecified atom stereocenters. The Kier molecular flexibility index (Phi) is 6.20. The Labute approximate surface area is 149 Å². The zero-order chi connectivity index (χ0) is 17.7. The minimum Gasteiger partial charge on any atom is -0.494 e. The Balaban J connectivity index is 2.39. The molecule has 0 aromatic heterocycles. The Morgan fingerprint density at radius 3 is 2.38 bits per heavy atom. The van der Waals surface area contributed by atoms with Crippen molar-refractivity contribution in [2.45, 2.75) is 33.7 Å². The maximum atomic E-state index is 13.0. The first-order chi connectivity index (χ1) is 11.5. The van der Waals surface area contributed by atoms with Crippen LogP contribution in [0, 0.1) is 0 Å². The van der Waals surface area contributed by atoms with Crippen LogP contribution in [-0.2, 0) is 4.79 Å². The Morgan fingerprint density at radius 1 is 1.21 bits per heavy atom. The van der Waals surface area contributed by atoms with Gasteiger partial charge >= 0.3 is 0 Å². The third-order valence-electron chi connectivity index (χ3n) is 4.07. The van der Waals surface area contributed by atoms with E-state index in [1.54, 1.807) is 0 Å². The SMILES string of the molecule is CCOc1ccc([C@H]2NC(=S)NC(C)=C2C(=O)N(CC)CC)cc1. The van der Waals surface area contributed by atoms with Crippen molar-refractivity contribution in [3.63, 3.8) is 0 Å². The van der Waals surface area contributed by atoms with E-state index in [4.69, 9.17) is 17.0 Å². The first-order valence-corrected chi connectivity index (χ1v) is 8.72. The van der Waals surface area contributed by atoms with Crippen molar-refractivity contribution < 1.29 is 9.53 Å². The van der Waals surface area contributed by atoms with Crippen LogP contribution < -0.4 is 15.4 Å². The maximum Gasteiger partial charge on any atom is 0.253 e. The summed E-state index contributed by atoms with van der Waals surface area (Å²) in [4.78, 5) is 14.8. The largest absolute Gasteiger partial charge is 0.494 e. The lowest BCUT2D eigenvalue weighted by Crippen LogP contribution is -2.47. The molecular formula is C18H25N3O2S. The van der Waals surface area contributed by atoms with Gasteiger partial charge in [0.05, 0.1) is 18.2 Å². The van der Waals surface area contributed by atoms with Gasteiger partial charge in [0.1, 0.15) is 5.75 Å². The maximum absolute atomic E-state index is 13.0. The van der Waals surface area contributed by atoms with Crippen molar-refractivity contribution in [2.24, 2.45) is 0 Å². The molecule has 0 bridgehead atoms. The van der Waals surface area contributed by atoms with E-state index in [0.717, 1.165) is 17.0 Å². The smallest absolute Gasteiger partial charge is 0.253 e. The zero-order valence-corrected chi connectivity index (χ0v) is 15.5. The fraction of sp³-hybridized carbons (Fsp3) is 0.444. The predicted octanol–water partition coefficient (Wildman–Crippen LogP) is 2.75. The van der Waals surface area contributed by atoms with E-state index in [0.29, 0.717) is 30.4 Å². The fourth-order valence-electron chi connectivity index (χ4n) is 2.83. The van der Waals surface area contributed by atoms with Crippen molar-refractivity contribution in [1.29, 1.82) is 0 Å². The van der Waals surface area contributed by atoms with Crippen molar-refractivity contribution in [3.8, 4) is 5.75 Å². The summed E-state index contributed by atoms with van der Waals surface area (Å²) in [6, 6.07) is 7.52. The number of allylic oxidation sites excluding steroid dienone is 1. The molecule has 6 heteroatoms. The minimum absolute atomic E-state index is 0.0267. The summed E-state index contributed by atoms with van der Waals surface area (Å²) < 4.78 is 5.49. The van der Waals surface area contributed by atoms with Crippen molar-refractivity contribution in [1.82, 2.24) is 15.5 Å². The number of nitrogens with zero attached hydrogens (tertiary/aromatic N) is 1. The molecule has 0 saturated heterocycles. The van der Waals surface area contributed by atoms with Crippen LogP contribution >= 0.6 is 12.2 Å². The molecule has 1 aliphatic rings. The summed E-state index contributed by atoms with van der Waals surface area (Å²) in [6.07, 6.45) is 0. The molecule has 0 aliphatic carbocycles. The van der Waals surface area contributed by atoms with Gasteiger partial charge in [-0.15, -0.1) is 0 Å². The highest BCUT2D eigenvalue weighted by Gasteiger charge is 2.31. The van der Waals surface area contributed by atoms with Crippen LogP contribution in [0.1, 0.15) is 39.3 Å². The minimum atomic E-state index is -0.262. The summed E-state index contributed by atoms with van der Waals surface area (Å²) in [7, 11) is 0. The number of thiocarbonyl (C=S) groups is 1. The van der Waals surface area contributed by atoms with Crippen molar-refractivity contribution in [2.75, 3.05) is 19.7 Å². The third kappa shape index (κ3) is 3.87. The molecule has 1 aromatic carbocycles. The highest BCUT2D eigenvalue weighted by atomic mass is 32.1. The molecule has 2 N–H and O–H groups in total. The van der Waals surface area contributed by atoms with E-state index < -0.39 is 0 Å². The van der Waals surface area contributed by atoms with Crippen LogP contribution in [-0.4, -0.2) is 35.6 Å². The van der Waals surface area contributed by atoms with Gasteiger partial charge in [-0.05, 0) is 57.6 Å². The molecule has 1 aliphatic heterocycles. The van der Waals surface area contributed by atoms with E-state index >= 15 is 0 Å². The first-order valence-electron chi connectivity index (χ1n) is 8.32. The molecule has 0 saturated carbocycles. The van der Waals surface area contributed by atoms with E-state index in [-0.39, 0.29) is 11.9 Å². The second kappa shape index (κ2) is 8.15. The van der Waals surface area contributed by atoms with Crippen LogP contribution in [0.2, 0.25) is 0 Å². The number of likely N-dealkylation sites (N-methyl/N-ethyl adjacent to an activating group) is 1. The van der Waals surface area contributed by atoms with Crippen LogP contribution in [0.4, 0.5) is 0 Å². The van der Waals surface area contributed by atoms with Gasteiger partial charge in [-0.3, -0.25) is 4.79 Å². The Morgan fingerprint density at radius 2 is 1.83 bits per heavy atom.